The molecule has 1 rings (SSSR count). The fourth-order valence-electron chi connectivity index (χ4n) is 1.71. The van der Waals surface area contributed by atoms with Gasteiger partial charge in [0.1, 0.15) is 6.10 Å². The third-order valence-electron chi connectivity index (χ3n) is 2.70. The van der Waals surface area contributed by atoms with Crippen LogP contribution in [0.15, 0.2) is 0 Å². The molecule has 1 aliphatic heterocycles. The first kappa shape index (κ1) is 12.2. The van der Waals surface area contributed by atoms with E-state index in [4.69, 9.17) is 11.2 Å². The van der Waals surface area contributed by atoms with Gasteiger partial charge in [-0.05, 0) is 13.0 Å². The summed E-state index contributed by atoms with van der Waals surface area (Å²) in [7, 11) is 0. The highest BCUT2D eigenvalue weighted by Gasteiger charge is 2.24. The van der Waals surface area contributed by atoms with Crippen LogP contribution in [0, 0.1) is 12.3 Å². The quantitative estimate of drug-likeness (QED) is 0.501. The van der Waals surface area contributed by atoms with E-state index in [-0.39, 0.29) is 11.9 Å². The van der Waals surface area contributed by atoms with Gasteiger partial charge in [-0.3, -0.25) is 9.69 Å². The largest absolute Gasteiger partial charge is 0.368 e. The molecule has 15 heavy (non-hydrogen) atoms. The zero-order valence-electron chi connectivity index (χ0n) is 9.37. The first-order valence-electron chi connectivity index (χ1n) is 5.58. The number of hydrogen-bond donors (Lipinski definition) is 0. The van der Waals surface area contributed by atoms with E-state index in [1.807, 2.05) is 0 Å². The summed E-state index contributed by atoms with van der Waals surface area (Å²) >= 11 is 0. The Kier molecular flexibility index (Phi) is 5.38. The molecule has 1 unspecified atom stereocenters. The van der Waals surface area contributed by atoms with Gasteiger partial charge >= 0.3 is 0 Å². The number of ether oxygens (including phenoxy) is 1. The van der Waals surface area contributed by atoms with Crippen molar-refractivity contribution in [3.8, 4) is 12.3 Å². The molecule has 1 saturated heterocycles. The number of ketones is 1. The highest BCUT2D eigenvalue weighted by atomic mass is 16.5. The maximum Gasteiger partial charge on any atom is 0.162 e. The molecule has 3 heteroatoms. The molecule has 0 amide bonds. The van der Waals surface area contributed by atoms with Gasteiger partial charge in [-0.15, -0.1) is 12.3 Å². The average Bonchev–Trinajstić information content (AvgIpc) is 2.29. The van der Waals surface area contributed by atoms with Crippen molar-refractivity contribution in [1.29, 1.82) is 0 Å². The molecule has 84 valence electrons. The molecule has 1 fully saturated rings. The second-order valence-corrected chi connectivity index (χ2v) is 3.78. The van der Waals surface area contributed by atoms with Gasteiger partial charge in [0.25, 0.3) is 0 Å². The van der Waals surface area contributed by atoms with Crippen molar-refractivity contribution in [3.63, 3.8) is 0 Å². The number of unbranched alkanes of at least 4 members (excludes halogenated alkanes) is 1. The summed E-state index contributed by atoms with van der Waals surface area (Å²) in [6.07, 6.45) is 6.91. The Balaban J connectivity index is 2.29. The lowest BCUT2D eigenvalue weighted by molar-refractivity contribution is -0.136. The number of nitrogens with zero attached hydrogens (tertiary/aromatic N) is 1. The van der Waals surface area contributed by atoms with Gasteiger partial charge in [0.05, 0.1) is 6.61 Å². The predicted octanol–water partition coefficient (Wildman–Crippen LogP) is 1.08. The van der Waals surface area contributed by atoms with Gasteiger partial charge in [-0.2, -0.15) is 0 Å². The second kappa shape index (κ2) is 6.60. The molecule has 1 atom stereocenters. The number of carbonyl (C=O) groups is 1. The minimum absolute atomic E-state index is 0.198. The van der Waals surface area contributed by atoms with Crippen molar-refractivity contribution in [3.05, 3.63) is 0 Å². The molecule has 0 aromatic rings. The van der Waals surface area contributed by atoms with Gasteiger partial charge < -0.3 is 4.74 Å². The number of carbonyl (C=O) groups excluding carboxylic acids is 1. The van der Waals surface area contributed by atoms with Crippen molar-refractivity contribution in [2.75, 3.05) is 26.2 Å². The van der Waals surface area contributed by atoms with Crippen LogP contribution in [0.3, 0.4) is 0 Å². The standard InChI is InChI=1S/C12H19NO2/c1-3-5-6-7-11(14)12-10-13(4-2)8-9-15-12/h1,12H,4-10H2,2H3. The summed E-state index contributed by atoms with van der Waals surface area (Å²) in [5.74, 6) is 2.74. The van der Waals surface area contributed by atoms with Crippen LogP contribution in [0.25, 0.3) is 0 Å². The van der Waals surface area contributed by atoms with Crippen LogP contribution in [-0.2, 0) is 9.53 Å². The first-order chi connectivity index (χ1) is 7.27. The minimum atomic E-state index is -0.225. The third kappa shape index (κ3) is 4.03. The molecule has 1 aliphatic rings. The van der Waals surface area contributed by atoms with Crippen LogP contribution >= 0.6 is 0 Å². The molecule has 0 N–H and O–H groups in total. The Labute approximate surface area is 91.8 Å². The minimum Gasteiger partial charge on any atom is -0.368 e. The van der Waals surface area contributed by atoms with Crippen LogP contribution in [0.4, 0.5) is 0 Å². The van der Waals surface area contributed by atoms with E-state index in [0.29, 0.717) is 19.4 Å². The lowest BCUT2D eigenvalue weighted by Gasteiger charge is -2.31. The van der Waals surface area contributed by atoms with Crippen LogP contribution in [0.2, 0.25) is 0 Å². The van der Waals surface area contributed by atoms with Gasteiger partial charge in [0, 0.05) is 25.9 Å². The first-order valence-corrected chi connectivity index (χ1v) is 5.58. The van der Waals surface area contributed by atoms with Crippen molar-refractivity contribution in [2.45, 2.75) is 32.3 Å². The summed E-state index contributed by atoms with van der Waals surface area (Å²) in [6, 6.07) is 0. The zero-order chi connectivity index (χ0) is 11.1. The molecule has 0 saturated carbocycles. The zero-order valence-corrected chi connectivity index (χ0v) is 9.37. The van der Waals surface area contributed by atoms with E-state index in [9.17, 15) is 4.79 Å². The fraction of sp³-hybridized carbons (Fsp3) is 0.750. The summed E-state index contributed by atoms with van der Waals surface area (Å²) < 4.78 is 5.46. The van der Waals surface area contributed by atoms with Gasteiger partial charge in [0.15, 0.2) is 5.78 Å². The lowest BCUT2D eigenvalue weighted by Crippen LogP contribution is -2.45. The third-order valence-corrected chi connectivity index (χ3v) is 2.70. The Hall–Kier alpha value is -0.850. The maximum atomic E-state index is 11.7. The number of terminal acetylenes is 1. The lowest BCUT2D eigenvalue weighted by atomic mass is 10.1. The Morgan fingerprint density at radius 3 is 3.13 bits per heavy atom. The molecule has 0 bridgehead atoms. The van der Waals surface area contributed by atoms with Crippen LogP contribution in [0.1, 0.15) is 26.2 Å². The van der Waals surface area contributed by atoms with Crippen molar-refractivity contribution in [2.24, 2.45) is 0 Å². The summed E-state index contributed by atoms with van der Waals surface area (Å²) in [4.78, 5) is 14.0. The average molecular weight is 209 g/mol. The molecular weight excluding hydrogens is 190 g/mol. The topological polar surface area (TPSA) is 29.5 Å². The second-order valence-electron chi connectivity index (χ2n) is 3.78. The smallest absolute Gasteiger partial charge is 0.162 e. The molecule has 0 radical (unpaired) electrons. The number of likely N-dealkylation sites (N-methyl/N-ethyl adjacent to an activating group) is 1. The van der Waals surface area contributed by atoms with Gasteiger partial charge in [-0.25, -0.2) is 0 Å². The summed E-state index contributed by atoms with van der Waals surface area (Å²) in [5.41, 5.74) is 0. The maximum absolute atomic E-state index is 11.7. The highest BCUT2D eigenvalue weighted by Crippen LogP contribution is 2.09. The SMILES string of the molecule is C#CCCCC(=O)C1CN(CC)CCO1. The highest BCUT2D eigenvalue weighted by molar-refractivity contribution is 5.83. The van der Waals surface area contributed by atoms with E-state index in [2.05, 4.69) is 17.7 Å². The molecule has 0 aliphatic carbocycles. The Bertz CT molecular complexity index is 244. The fourth-order valence-corrected chi connectivity index (χ4v) is 1.71. The molecular formula is C12H19NO2. The molecule has 1 heterocycles. The molecule has 0 aromatic carbocycles. The van der Waals surface area contributed by atoms with Gasteiger partial charge in [-0.1, -0.05) is 6.92 Å². The number of hydrogen-bond acceptors (Lipinski definition) is 3. The number of Topliss-reactive ketones (excluding diaryl/α,β-unsaturated/α-hetero) is 1. The van der Waals surface area contributed by atoms with Crippen molar-refractivity contribution in [1.82, 2.24) is 4.90 Å². The van der Waals surface area contributed by atoms with E-state index in [1.165, 1.54) is 0 Å². The van der Waals surface area contributed by atoms with Crippen LogP contribution < -0.4 is 0 Å². The molecule has 0 spiro atoms. The summed E-state index contributed by atoms with van der Waals surface area (Å²) in [6.45, 7) is 5.43. The Morgan fingerprint density at radius 1 is 1.67 bits per heavy atom. The predicted molar refractivity (Wildman–Crippen MR) is 59.5 cm³/mol. The summed E-state index contributed by atoms with van der Waals surface area (Å²) in [5, 5.41) is 0. The van der Waals surface area contributed by atoms with Crippen LogP contribution in [-0.4, -0.2) is 43.0 Å². The van der Waals surface area contributed by atoms with E-state index in [1.54, 1.807) is 0 Å². The van der Waals surface area contributed by atoms with Crippen molar-refractivity contribution < 1.29 is 9.53 Å². The van der Waals surface area contributed by atoms with Crippen molar-refractivity contribution >= 4 is 5.78 Å². The van der Waals surface area contributed by atoms with E-state index < -0.39 is 0 Å². The molecule has 0 aromatic heterocycles. The van der Waals surface area contributed by atoms with E-state index >= 15 is 0 Å². The monoisotopic (exact) mass is 209 g/mol. The number of morpholine rings is 1. The van der Waals surface area contributed by atoms with E-state index in [0.717, 1.165) is 26.1 Å². The number of rotatable bonds is 5. The normalized spacial score (nSPS) is 22.3. The van der Waals surface area contributed by atoms with Gasteiger partial charge in [0.2, 0.25) is 0 Å². The Morgan fingerprint density at radius 2 is 2.47 bits per heavy atom. The molecule has 3 nitrogen and oxygen atoms in total. The van der Waals surface area contributed by atoms with Crippen LogP contribution in [0.5, 0.6) is 0 Å².